The fourth-order valence-electron chi connectivity index (χ4n) is 4.16. The van der Waals surface area contributed by atoms with Crippen LogP contribution in [0.2, 0.25) is 0 Å². The van der Waals surface area contributed by atoms with Crippen molar-refractivity contribution >= 4 is 17.5 Å². The molecule has 2 aliphatic heterocycles. The van der Waals surface area contributed by atoms with Crippen LogP contribution in [0.5, 0.6) is 11.5 Å². The van der Waals surface area contributed by atoms with E-state index in [1.54, 1.807) is 18.2 Å². The number of benzene rings is 3. The second-order valence-electron chi connectivity index (χ2n) is 8.11. The highest BCUT2D eigenvalue weighted by Gasteiger charge is 2.29. The smallest absolute Gasteiger partial charge is 0.251 e. The summed E-state index contributed by atoms with van der Waals surface area (Å²) in [4.78, 5) is 26.4. The third-order valence-electron chi connectivity index (χ3n) is 5.89. The number of amides is 2. The molecule has 0 aromatic heterocycles. The Morgan fingerprint density at radius 3 is 2.42 bits per heavy atom. The maximum atomic E-state index is 13.3. The lowest BCUT2D eigenvalue weighted by Crippen LogP contribution is -2.50. The molecule has 3 N–H and O–H groups in total. The predicted molar refractivity (Wildman–Crippen MR) is 124 cm³/mol. The molecule has 7 heteroatoms. The van der Waals surface area contributed by atoms with Crippen molar-refractivity contribution in [2.75, 3.05) is 18.5 Å². The van der Waals surface area contributed by atoms with E-state index in [2.05, 4.69) is 22.0 Å². The van der Waals surface area contributed by atoms with Gasteiger partial charge in [0.2, 0.25) is 5.91 Å². The van der Waals surface area contributed by atoms with Gasteiger partial charge < -0.3 is 25.4 Å². The maximum Gasteiger partial charge on any atom is 0.251 e. The minimum Gasteiger partial charge on any atom is -0.486 e. The van der Waals surface area contributed by atoms with Gasteiger partial charge in [0, 0.05) is 18.3 Å². The Labute approximate surface area is 192 Å². The monoisotopic (exact) mass is 443 g/mol. The summed E-state index contributed by atoms with van der Waals surface area (Å²) in [6, 6.07) is 21.3. The molecule has 168 valence electrons. The fraction of sp³-hybridized carbons (Fsp3) is 0.231. The van der Waals surface area contributed by atoms with Crippen LogP contribution >= 0.6 is 0 Å². The van der Waals surface area contributed by atoms with Crippen LogP contribution in [-0.2, 0) is 22.6 Å². The van der Waals surface area contributed by atoms with Crippen LogP contribution in [0.3, 0.4) is 0 Å². The second-order valence-corrected chi connectivity index (χ2v) is 8.11. The molecule has 0 fully saturated rings. The van der Waals surface area contributed by atoms with Crippen LogP contribution in [0.1, 0.15) is 22.7 Å². The molecule has 0 saturated heterocycles. The third kappa shape index (κ3) is 4.68. The fourth-order valence-corrected chi connectivity index (χ4v) is 4.16. The highest BCUT2D eigenvalue weighted by atomic mass is 16.6. The summed E-state index contributed by atoms with van der Waals surface area (Å²) in [6.45, 7) is 1.58. The third-order valence-corrected chi connectivity index (χ3v) is 5.89. The summed E-state index contributed by atoms with van der Waals surface area (Å²) in [5.41, 5.74) is 3.62. The molecule has 33 heavy (non-hydrogen) atoms. The summed E-state index contributed by atoms with van der Waals surface area (Å²) in [5, 5.41) is 9.13. The topological polar surface area (TPSA) is 88.7 Å². The van der Waals surface area contributed by atoms with Gasteiger partial charge in [-0.3, -0.25) is 9.59 Å². The van der Waals surface area contributed by atoms with Gasteiger partial charge in [0.05, 0.1) is 6.04 Å². The van der Waals surface area contributed by atoms with E-state index in [0.29, 0.717) is 48.9 Å². The van der Waals surface area contributed by atoms with Crippen LogP contribution in [0.4, 0.5) is 5.69 Å². The maximum absolute atomic E-state index is 13.3. The van der Waals surface area contributed by atoms with Crippen molar-refractivity contribution in [1.29, 1.82) is 0 Å². The van der Waals surface area contributed by atoms with Crippen molar-refractivity contribution in [3.05, 3.63) is 89.5 Å². The highest BCUT2D eigenvalue weighted by molar-refractivity contribution is 5.98. The molecule has 2 heterocycles. The van der Waals surface area contributed by atoms with Crippen LogP contribution in [0, 0.1) is 0 Å². The molecule has 3 aromatic carbocycles. The molecule has 5 rings (SSSR count). The molecule has 0 bridgehead atoms. The predicted octanol–water partition coefficient (Wildman–Crippen LogP) is 2.97. The number of rotatable bonds is 5. The Morgan fingerprint density at radius 2 is 1.61 bits per heavy atom. The molecular weight excluding hydrogens is 418 g/mol. The van der Waals surface area contributed by atoms with Gasteiger partial charge in [-0.05, 0) is 35.2 Å². The van der Waals surface area contributed by atoms with Crippen molar-refractivity contribution in [2.45, 2.75) is 25.0 Å². The molecule has 2 aliphatic rings. The minimum atomic E-state index is -0.842. The van der Waals surface area contributed by atoms with Crippen LogP contribution in [0.25, 0.3) is 0 Å². The van der Waals surface area contributed by atoms with Gasteiger partial charge in [0.1, 0.15) is 19.3 Å². The van der Waals surface area contributed by atoms with E-state index >= 15 is 0 Å². The molecule has 0 aliphatic carbocycles. The molecule has 3 aromatic rings. The molecule has 7 nitrogen and oxygen atoms in total. The second kappa shape index (κ2) is 9.34. The van der Waals surface area contributed by atoms with E-state index in [4.69, 9.17) is 9.47 Å². The average molecular weight is 444 g/mol. The average Bonchev–Trinajstić information content (AvgIpc) is 2.87. The summed E-state index contributed by atoms with van der Waals surface area (Å²) >= 11 is 0. The summed E-state index contributed by atoms with van der Waals surface area (Å²) in [6.07, 6.45) is 0.577. The molecule has 2 amide bonds. The Hall–Kier alpha value is -3.84. The Bertz CT molecular complexity index is 1170. The summed E-state index contributed by atoms with van der Waals surface area (Å²) in [7, 11) is 0. The number of anilines is 1. The zero-order chi connectivity index (χ0) is 22.6. The van der Waals surface area contributed by atoms with Crippen LogP contribution < -0.4 is 25.4 Å². The zero-order valence-corrected chi connectivity index (χ0v) is 18.0. The number of carbonyl (C=O) groups excluding carboxylic acids is 2. The Balaban J connectivity index is 1.33. The van der Waals surface area contributed by atoms with E-state index in [9.17, 15) is 9.59 Å². The number of carbonyl (C=O) groups is 2. The summed E-state index contributed by atoms with van der Waals surface area (Å²) in [5.74, 6) is 0.693. The van der Waals surface area contributed by atoms with Gasteiger partial charge in [-0.25, -0.2) is 0 Å². The lowest BCUT2D eigenvalue weighted by molar-refractivity contribution is -0.128. The largest absolute Gasteiger partial charge is 0.486 e. The molecule has 0 spiro atoms. The number of hydrogen-bond donors (Lipinski definition) is 3. The van der Waals surface area contributed by atoms with Gasteiger partial charge >= 0.3 is 0 Å². The molecule has 2 unspecified atom stereocenters. The Morgan fingerprint density at radius 1 is 0.879 bits per heavy atom. The summed E-state index contributed by atoms with van der Waals surface area (Å²) < 4.78 is 11.2. The number of ether oxygens (including phenoxy) is 2. The van der Waals surface area contributed by atoms with Gasteiger partial charge in [-0.15, -0.1) is 0 Å². The van der Waals surface area contributed by atoms with E-state index in [-0.39, 0.29) is 11.8 Å². The quantitative estimate of drug-likeness (QED) is 0.564. The van der Waals surface area contributed by atoms with Gasteiger partial charge in [0.25, 0.3) is 5.91 Å². The molecule has 2 atom stereocenters. The lowest BCUT2D eigenvalue weighted by atomic mass is 9.95. The van der Waals surface area contributed by atoms with Gasteiger partial charge in [-0.2, -0.15) is 0 Å². The van der Waals surface area contributed by atoms with E-state index in [1.807, 2.05) is 48.5 Å². The van der Waals surface area contributed by atoms with E-state index < -0.39 is 12.1 Å². The van der Waals surface area contributed by atoms with Gasteiger partial charge in [-0.1, -0.05) is 54.6 Å². The number of fused-ring (bicyclic) bond motifs is 2. The normalized spacial score (nSPS) is 17.4. The van der Waals surface area contributed by atoms with E-state index in [0.717, 1.165) is 5.56 Å². The van der Waals surface area contributed by atoms with Crippen molar-refractivity contribution < 1.29 is 19.1 Å². The number of hydrogen-bond acceptors (Lipinski definition) is 5. The first-order chi connectivity index (χ1) is 16.2. The SMILES string of the molecule is O=C(NC(C(=O)Nc1ccc2c(c1)OCCO2)c1ccccc1)C1Cc2ccccc2CN1. The molecule has 0 saturated carbocycles. The molecule has 0 radical (unpaired) electrons. The Kier molecular flexibility index (Phi) is 5.95. The van der Waals surface area contributed by atoms with Crippen molar-refractivity contribution in [1.82, 2.24) is 10.6 Å². The van der Waals surface area contributed by atoms with E-state index in [1.165, 1.54) is 5.56 Å². The number of nitrogens with one attached hydrogen (secondary N) is 3. The minimum absolute atomic E-state index is 0.212. The lowest BCUT2D eigenvalue weighted by Gasteiger charge is -2.27. The first kappa shape index (κ1) is 21.0. The van der Waals surface area contributed by atoms with Crippen molar-refractivity contribution in [3.63, 3.8) is 0 Å². The van der Waals surface area contributed by atoms with Crippen LogP contribution in [-0.4, -0.2) is 31.1 Å². The first-order valence-corrected chi connectivity index (χ1v) is 11.0. The molecular formula is C26H25N3O4. The van der Waals surface area contributed by atoms with Crippen LogP contribution in [0.15, 0.2) is 72.8 Å². The van der Waals surface area contributed by atoms with Crippen molar-refractivity contribution in [2.24, 2.45) is 0 Å². The standard InChI is InChI=1S/C26H25N3O4/c30-25(21-14-18-8-4-5-9-19(18)16-27-21)29-24(17-6-2-1-3-7-17)26(31)28-20-10-11-22-23(15-20)33-13-12-32-22/h1-11,15,21,24,27H,12-14,16H2,(H,28,31)(H,29,30). The van der Waals surface area contributed by atoms with Gasteiger partial charge in [0.15, 0.2) is 11.5 Å². The highest BCUT2D eigenvalue weighted by Crippen LogP contribution is 2.33. The van der Waals surface area contributed by atoms with Crippen molar-refractivity contribution in [3.8, 4) is 11.5 Å². The first-order valence-electron chi connectivity index (χ1n) is 11.0. The zero-order valence-electron chi connectivity index (χ0n) is 18.0.